The molecule has 4 rings (SSSR count). The highest BCUT2D eigenvalue weighted by atomic mass is 19.4. The van der Waals surface area contributed by atoms with Gasteiger partial charge >= 0.3 is 12.1 Å². The van der Waals surface area contributed by atoms with Crippen molar-refractivity contribution in [2.75, 3.05) is 32.9 Å². The van der Waals surface area contributed by atoms with Crippen LogP contribution >= 0.6 is 0 Å². The maximum absolute atomic E-state index is 10.6. The van der Waals surface area contributed by atoms with Gasteiger partial charge in [0.1, 0.15) is 6.10 Å². The normalized spacial score (nSPS) is 22.7. The Labute approximate surface area is 186 Å². The Hall–Kier alpha value is -1.65. The van der Waals surface area contributed by atoms with Crippen LogP contribution in [0.4, 0.5) is 13.2 Å². The average Bonchev–Trinajstić information content (AvgIpc) is 3.18. The van der Waals surface area contributed by atoms with Gasteiger partial charge in [0.05, 0.1) is 12.3 Å². The third kappa shape index (κ3) is 7.74. The molecule has 1 aromatic heterocycles. The van der Waals surface area contributed by atoms with Crippen molar-refractivity contribution in [3.63, 3.8) is 0 Å². The second-order valence-electron chi connectivity index (χ2n) is 8.89. The molecule has 2 aliphatic heterocycles. The quantitative estimate of drug-likeness (QED) is 0.672. The summed E-state index contributed by atoms with van der Waals surface area (Å²) in [6.45, 7) is 5.70. The molecule has 0 bridgehead atoms. The molecule has 10 heteroatoms. The molecule has 1 saturated heterocycles. The highest BCUT2D eigenvalue weighted by Gasteiger charge is 2.38. The molecule has 1 aliphatic carbocycles. The molecule has 7 nitrogen and oxygen atoms in total. The molecule has 182 valence electrons. The summed E-state index contributed by atoms with van der Waals surface area (Å²) in [5, 5.41) is 15.7. The number of carboxylic acids is 1. The first kappa shape index (κ1) is 25.0. The molecular formula is C22H34F3N3O4. The summed E-state index contributed by atoms with van der Waals surface area (Å²) in [6, 6.07) is 0. The van der Waals surface area contributed by atoms with Gasteiger partial charge in [-0.15, -0.1) is 0 Å². The van der Waals surface area contributed by atoms with Crippen molar-refractivity contribution in [1.82, 2.24) is 15.1 Å². The number of hydrogen-bond donors (Lipinski definition) is 2. The second-order valence-corrected chi connectivity index (χ2v) is 8.89. The zero-order valence-electron chi connectivity index (χ0n) is 18.4. The molecule has 3 heterocycles. The van der Waals surface area contributed by atoms with E-state index in [1.54, 1.807) is 0 Å². The molecule has 1 aromatic rings. The van der Waals surface area contributed by atoms with Crippen LogP contribution in [0.3, 0.4) is 0 Å². The number of ether oxygens (including phenoxy) is 2. The molecule has 1 saturated carbocycles. The van der Waals surface area contributed by atoms with E-state index >= 15 is 0 Å². The predicted octanol–water partition coefficient (Wildman–Crippen LogP) is 3.73. The largest absolute Gasteiger partial charge is 0.490 e. The number of nitrogens with one attached hydrogen (secondary N) is 1. The summed E-state index contributed by atoms with van der Waals surface area (Å²) in [6.07, 6.45) is 7.66. The lowest BCUT2D eigenvalue weighted by Crippen LogP contribution is -2.31. The molecule has 2 N–H and O–H groups in total. The Morgan fingerprint density at radius 3 is 2.44 bits per heavy atom. The van der Waals surface area contributed by atoms with Gasteiger partial charge in [-0.3, -0.25) is 4.68 Å². The number of carbonyl (C=O) groups is 1. The summed E-state index contributed by atoms with van der Waals surface area (Å²) < 4.78 is 45.4. The summed E-state index contributed by atoms with van der Waals surface area (Å²) in [5.74, 6) is -1.19. The molecule has 0 spiro atoms. The Morgan fingerprint density at radius 2 is 1.78 bits per heavy atom. The number of nitrogens with zero attached hydrogens (tertiary/aromatic N) is 2. The zero-order valence-corrected chi connectivity index (χ0v) is 18.4. The Kier molecular flexibility index (Phi) is 9.36. The first-order valence-electron chi connectivity index (χ1n) is 11.6. The van der Waals surface area contributed by atoms with Gasteiger partial charge in [0.15, 0.2) is 0 Å². The monoisotopic (exact) mass is 461 g/mol. The fourth-order valence-corrected chi connectivity index (χ4v) is 4.58. The Balaban J connectivity index is 0.000000360. The van der Waals surface area contributed by atoms with Gasteiger partial charge in [-0.2, -0.15) is 18.3 Å². The van der Waals surface area contributed by atoms with Crippen molar-refractivity contribution < 1.29 is 32.5 Å². The van der Waals surface area contributed by atoms with E-state index in [-0.39, 0.29) is 6.10 Å². The van der Waals surface area contributed by atoms with Gasteiger partial charge < -0.3 is 19.9 Å². The molecule has 2 fully saturated rings. The van der Waals surface area contributed by atoms with Crippen LogP contribution in [-0.4, -0.2) is 59.9 Å². The van der Waals surface area contributed by atoms with Gasteiger partial charge in [0.25, 0.3) is 0 Å². The highest BCUT2D eigenvalue weighted by molar-refractivity contribution is 5.73. The van der Waals surface area contributed by atoms with Crippen molar-refractivity contribution in [1.29, 1.82) is 0 Å². The van der Waals surface area contributed by atoms with Gasteiger partial charge in [-0.05, 0) is 56.0 Å². The van der Waals surface area contributed by atoms with E-state index in [1.165, 1.54) is 43.4 Å². The van der Waals surface area contributed by atoms with E-state index in [4.69, 9.17) is 24.5 Å². The third-order valence-electron chi connectivity index (χ3n) is 6.38. The summed E-state index contributed by atoms with van der Waals surface area (Å²) >= 11 is 0. The van der Waals surface area contributed by atoms with E-state index in [0.717, 1.165) is 64.6 Å². The van der Waals surface area contributed by atoms with E-state index in [2.05, 4.69) is 16.2 Å². The molecule has 3 aliphatic rings. The lowest BCUT2D eigenvalue weighted by molar-refractivity contribution is -0.192. The maximum atomic E-state index is 10.6. The van der Waals surface area contributed by atoms with Gasteiger partial charge in [-0.1, -0.05) is 19.3 Å². The second kappa shape index (κ2) is 12.0. The molecule has 32 heavy (non-hydrogen) atoms. The maximum Gasteiger partial charge on any atom is 0.490 e. The molecular weight excluding hydrogens is 427 g/mol. The van der Waals surface area contributed by atoms with Crippen LogP contribution < -0.4 is 5.32 Å². The number of fused-ring (bicyclic) bond motifs is 1. The number of aliphatic carboxylic acids is 1. The Morgan fingerprint density at radius 1 is 1.09 bits per heavy atom. The van der Waals surface area contributed by atoms with Crippen molar-refractivity contribution >= 4 is 5.97 Å². The Bertz CT molecular complexity index is 714. The van der Waals surface area contributed by atoms with Crippen LogP contribution in [-0.2, 0) is 27.2 Å². The van der Waals surface area contributed by atoms with E-state index in [0.29, 0.717) is 5.92 Å². The topological polar surface area (TPSA) is 85.6 Å². The molecule has 0 radical (unpaired) electrons. The summed E-state index contributed by atoms with van der Waals surface area (Å²) in [7, 11) is 0. The fraction of sp³-hybridized carbons (Fsp3) is 0.818. The molecule has 0 amide bonds. The lowest BCUT2D eigenvalue weighted by Gasteiger charge is -2.25. The number of halogens is 3. The number of carboxylic acid groups (broad SMARTS) is 1. The number of alkyl halides is 3. The minimum absolute atomic E-state index is 0.128. The number of hydrogen-bond acceptors (Lipinski definition) is 5. The number of rotatable bonds is 6. The van der Waals surface area contributed by atoms with Crippen LogP contribution in [0.25, 0.3) is 0 Å². The third-order valence-corrected chi connectivity index (χ3v) is 6.38. The van der Waals surface area contributed by atoms with Crippen LogP contribution in [0.5, 0.6) is 0 Å². The van der Waals surface area contributed by atoms with Crippen molar-refractivity contribution in [3.05, 3.63) is 17.5 Å². The van der Waals surface area contributed by atoms with E-state index < -0.39 is 12.1 Å². The lowest BCUT2D eigenvalue weighted by atomic mass is 9.89. The van der Waals surface area contributed by atoms with Crippen molar-refractivity contribution in [3.8, 4) is 0 Å². The van der Waals surface area contributed by atoms with E-state index in [1.807, 2.05) is 0 Å². The van der Waals surface area contributed by atoms with Crippen LogP contribution in [0, 0.1) is 11.8 Å². The van der Waals surface area contributed by atoms with Gasteiger partial charge in [0.2, 0.25) is 0 Å². The van der Waals surface area contributed by atoms with Crippen LogP contribution in [0.15, 0.2) is 6.20 Å². The molecule has 1 unspecified atom stereocenters. The smallest absolute Gasteiger partial charge is 0.475 e. The summed E-state index contributed by atoms with van der Waals surface area (Å²) in [4.78, 5) is 8.90. The fourth-order valence-electron chi connectivity index (χ4n) is 4.58. The molecule has 1 atom stereocenters. The zero-order chi connectivity index (χ0) is 23.0. The standard InChI is InChI=1S/C20H33N3O2.C2HF3O2/c1-2-4-16(5-3-1)12-21-13-19-20-18(8-11-25-19)15-23(22-20)14-17-6-9-24-10-7-17;3-2(4,5)1(6)7/h15-17,19,21H,1-14H2;(H,6,7). The summed E-state index contributed by atoms with van der Waals surface area (Å²) in [5.41, 5.74) is 2.57. The first-order chi connectivity index (χ1) is 15.3. The molecule has 0 aromatic carbocycles. The average molecular weight is 462 g/mol. The van der Waals surface area contributed by atoms with Crippen LogP contribution in [0.2, 0.25) is 0 Å². The predicted molar refractivity (Wildman–Crippen MR) is 111 cm³/mol. The van der Waals surface area contributed by atoms with Crippen LogP contribution in [0.1, 0.15) is 62.3 Å². The van der Waals surface area contributed by atoms with Crippen molar-refractivity contribution in [2.45, 2.75) is 70.2 Å². The number of aromatic nitrogens is 2. The minimum Gasteiger partial charge on any atom is -0.475 e. The van der Waals surface area contributed by atoms with Gasteiger partial charge in [-0.25, -0.2) is 4.79 Å². The van der Waals surface area contributed by atoms with Gasteiger partial charge in [0, 0.05) is 32.5 Å². The first-order valence-corrected chi connectivity index (χ1v) is 11.6. The van der Waals surface area contributed by atoms with E-state index in [9.17, 15) is 13.2 Å². The highest BCUT2D eigenvalue weighted by Crippen LogP contribution is 2.27. The SMILES string of the molecule is O=C(O)C(F)(F)F.c1c2c(nn1CC1CCOCC1)C(CNCC1CCCCC1)OCC2. The van der Waals surface area contributed by atoms with Crippen molar-refractivity contribution in [2.24, 2.45) is 11.8 Å². The minimum atomic E-state index is -5.08.